The molecule has 0 spiro atoms. The number of benzene rings is 2. The van der Waals surface area contributed by atoms with Gasteiger partial charge in [0.1, 0.15) is 0 Å². The first-order valence-electron chi connectivity index (χ1n) is 10.6. The Bertz CT molecular complexity index is 858. The van der Waals surface area contributed by atoms with Gasteiger partial charge in [0.2, 0.25) is 5.82 Å². The molecule has 162 valence electrons. The molecule has 0 N–H and O–H groups in total. The van der Waals surface area contributed by atoms with Gasteiger partial charge in [-0.3, -0.25) is 0 Å². The number of hydrogen-bond donors (Lipinski definition) is 0. The summed E-state index contributed by atoms with van der Waals surface area (Å²) in [5.74, 6) is -1.59. The van der Waals surface area contributed by atoms with E-state index in [1.165, 1.54) is 12.1 Å². The van der Waals surface area contributed by atoms with Crippen LogP contribution in [-0.2, 0) is 0 Å². The van der Waals surface area contributed by atoms with E-state index in [1.54, 1.807) is 18.2 Å². The maximum absolute atomic E-state index is 14.6. The Hall–Kier alpha value is -2.43. The van der Waals surface area contributed by atoms with Gasteiger partial charge in [0, 0.05) is 0 Å². The van der Waals surface area contributed by atoms with Gasteiger partial charge < -0.3 is 9.47 Å². The van der Waals surface area contributed by atoms with Gasteiger partial charge in [0.05, 0.1) is 13.2 Å². The molecule has 0 unspecified atom stereocenters. The minimum atomic E-state index is -0.911. The molecule has 5 heteroatoms. The largest absolute Gasteiger partial charge is 0.490 e. The Labute approximate surface area is 176 Å². The molecule has 30 heavy (non-hydrogen) atoms. The molecule has 1 aliphatic carbocycles. The molecule has 1 aliphatic rings. The highest BCUT2D eigenvalue weighted by molar-refractivity contribution is 5.33. The molecule has 0 bridgehead atoms. The first-order chi connectivity index (χ1) is 14.5. The summed E-state index contributed by atoms with van der Waals surface area (Å²) in [6.45, 7) is 6.22. The van der Waals surface area contributed by atoms with Crippen molar-refractivity contribution in [1.29, 1.82) is 0 Å². The molecular formula is C25H29F3O2. The molecule has 1 saturated carbocycles. The minimum Gasteiger partial charge on any atom is -0.490 e. The van der Waals surface area contributed by atoms with E-state index in [0.717, 1.165) is 37.7 Å². The zero-order valence-corrected chi connectivity index (χ0v) is 17.4. The third-order valence-electron chi connectivity index (χ3n) is 5.74. The van der Waals surface area contributed by atoms with Crippen LogP contribution in [0.25, 0.3) is 0 Å². The average Bonchev–Trinajstić information content (AvgIpc) is 2.74. The topological polar surface area (TPSA) is 18.5 Å². The summed E-state index contributed by atoms with van der Waals surface area (Å²) in [5, 5.41) is 0. The Kier molecular flexibility index (Phi) is 7.83. The first-order valence-corrected chi connectivity index (χ1v) is 10.6. The van der Waals surface area contributed by atoms with Gasteiger partial charge in [-0.1, -0.05) is 18.2 Å². The van der Waals surface area contributed by atoms with Crippen LogP contribution in [0.3, 0.4) is 0 Å². The van der Waals surface area contributed by atoms with Crippen LogP contribution in [-0.4, -0.2) is 13.2 Å². The average molecular weight is 418 g/mol. The summed E-state index contributed by atoms with van der Waals surface area (Å²) in [4.78, 5) is 0. The lowest BCUT2D eigenvalue weighted by atomic mass is 9.79. The lowest BCUT2D eigenvalue weighted by molar-refractivity contribution is 0.193. The van der Waals surface area contributed by atoms with E-state index in [-0.39, 0.29) is 29.2 Å². The number of ether oxygens (including phenoxy) is 2. The van der Waals surface area contributed by atoms with E-state index >= 15 is 0 Å². The maximum Gasteiger partial charge on any atom is 0.200 e. The van der Waals surface area contributed by atoms with Crippen molar-refractivity contribution in [2.24, 2.45) is 5.92 Å². The Balaban J connectivity index is 1.53. The van der Waals surface area contributed by atoms with Crippen molar-refractivity contribution in [2.45, 2.75) is 51.4 Å². The molecule has 0 radical (unpaired) electrons. The molecule has 0 aliphatic heterocycles. The smallest absolute Gasteiger partial charge is 0.200 e. The van der Waals surface area contributed by atoms with Gasteiger partial charge >= 0.3 is 0 Å². The minimum absolute atomic E-state index is 0.0262. The molecule has 3 rings (SSSR count). The van der Waals surface area contributed by atoms with Gasteiger partial charge in [-0.2, -0.15) is 4.39 Å². The van der Waals surface area contributed by atoms with Gasteiger partial charge in [-0.15, -0.1) is 6.58 Å². The fourth-order valence-corrected chi connectivity index (χ4v) is 3.95. The second kappa shape index (κ2) is 10.6. The SMILES string of the molecule is C=CCCCOc1ccc(C2CCC(COc3ccc(C)cc3F)CC2)c(F)c1F. The van der Waals surface area contributed by atoms with E-state index in [9.17, 15) is 13.2 Å². The molecule has 0 heterocycles. The second-order valence-electron chi connectivity index (χ2n) is 8.02. The fraction of sp³-hybridized carbons (Fsp3) is 0.440. The van der Waals surface area contributed by atoms with E-state index in [4.69, 9.17) is 9.47 Å². The lowest BCUT2D eigenvalue weighted by Gasteiger charge is -2.29. The summed E-state index contributed by atoms with van der Waals surface area (Å²) < 4.78 is 53.9. The number of rotatable bonds is 9. The van der Waals surface area contributed by atoms with Crippen LogP contribution in [0.5, 0.6) is 11.5 Å². The van der Waals surface area contributed by atoms with Crippen LogP contribution in [0, 0.1) is 30.3 Å². The van der Waals surface area contributed by atoms with Crippen molar-refractivity contribution in [3.05, 3.63) is 71.6 Å². The van der Waals surface area contributed by atoms with Gasteiger partial charge in [-0.25, -0.2) is 8.78 Å². The highest BCUT2D eigenvalue weighted by atomic mass is 19.2. The van der Waals surface area contributed by atoms with Crippen molar-refractivity contribution < 1.29 is 22.6 Å². The van der Waals surface area contributed by atoms with Crippen LogP contribution in [0.4, 0.5) is 13.2 Å². The van der Waals surface area contributed by atoms with Crippen molar-refractivity contribution in [3.8, 4) is 11.5 Å². The number of halogens is 3. The second-order valence-corrected chi connectivity index (χ2v) is 8.02. The number of unbranched alkanes of at least 4 members (excludes halogenated alkanes) is 1. The molecule has 2 aromatic carbocycles. The molecule has 2 nitrogen and oxygen atoms in total. The summed E-state index contributed by atoms with van der Waals surface area (Å²) in [6.07, 6.45) is 6.41. The van der Waals surface area contributed by atoms with Gasteiger partial charge in [0.15, 0.2) is 23.1 Å². The van der Waals surface area contributed by atoms with Gasteiger partial charge in [-0.05, 0) is 86.6 Å². The van der Waals surface area contributed by atoms with E-state index in [2.05, 4.69) is 6.58 Å². The van der Waals surface area contributed by atoms with E-state index in [1.807, 2.05) is 13.0 Å². The standard InChI is InChI=1S/C25H29F3O2/c1-3-4-5-14-29-23-13-11-20(24(27)25(23)28)19-9-7-18(8-10-19)16-30-22-12-6-17(2)15-21(22)26/h3,6,11-13,15,18-19H,1,4-5,7-10,14,16H2,2H3. The third-order valence-corrected chi connectivity index (χ3v) is 5.74. The normalized spacial score (nSPS) is 18.8. The monoisotopic (exact) mass is 418 g/mol. The quantitative estimate of drug-likeness (QED) is 0.319. The molecule has 0 aromatic heterocycles. The van der Waals surface area contributed by atoms with Crippen LogP contribution in [0.2, 0.25) is 0 Å². The Morgan fingerprint density at radius 3 is 2.40 bits per heavy atom. The molecular weight excluding hydrogens is 389 g/mol. The number of hydrogen-bond acceptors (Lipinski definition) is 2. The zero-order chi connectivity index (χ0) is 21.5. The molecule has 0 atom stereocenters. The van der Waals surface area contributed by atoms with Gasteiger partial charge in [0.25, 0.3) is 0 Å². The predicted octanol–water partition coefficient (Wildman–Crippen LogP) is 7.11. The van der Waals surface area contributed by atoms with Crippen LogP contribution < -0.4 is 9.47 Å². The molecule has 0 amide bonds. The maximum atomic E-state index is 14.6. The van der Waals surface area contributed by atoms with Crippen molar-refractivity contribution >= 4 is 0 Å². The van der Waals surface area contributed by atoms with Crippen molar-refractivity contribution in [2.75, 3.05) is 13.2 Å². The molecule has 1 fully saturated rings. The Morgan fingerprint density at radius 1 is 0.967 bits per heavy atom. The highest BCUT2D eigenvalue weighted by Gasteiger charge is 2.27. The highest BCUT2D eigenvalue weighted by Crippen LogP contribution is 2.39. The van der Waals surface area contributed by atoms with E-state index in [0.29, 0.717) is 25.2 Å². The van der Waals surface area contributed by atoms with Crippen LogP contribution in [0.1, 0.15) is 55.6 Å². The number of aryl methyl sites for hydroxylation is 1. The molecule has 0 saturated heterocycles. The van der Waals surface area contributed by atoms with Crippen molar-refractivity contribution in [1.82, 2.24) is 0 Å². The predicted molar refractivity (Wildman–Crippen MR) is 113 cm³/mol. The summed E-state index contributed by atoms with van der Waals surface area (Å²) >= 11 is 0. The van der Waals surface area contributed by atoms with Crippen LogP contribution in [0.15, 0.2) is 43.0 Å². The summed E-state index contributed by atoms with van der Waals surface area (Å²) in [5.41, 5.74) is 1.26. The summed E-state index contributed by atoms with van der Waals surface area (Å²) in [7, 11) is 0. The fourth-order valence-electron chi connectivity index (χ4n) is 3.95. The lowest BCUT2D eigenvalue weighted by Crippen LogP contribution is -2.20. The summed E-state index contributed by atoms with van der Waals surface area (Å²) in [6, 6.07) is 8.09. The van der Waals surface area contributed by atoms with Crippen molar-refractivity contribution in [3.63, 3.8) is 0 Å². The number of allylic oxidation sites excluding steroid dienone is 1. The third kappa shape index (κ3) is 5.59. The van der Waals surface area contributed by atoms with Crippen LogP contribution >= 0.6 is 0 Å². The van der Waals surface area contributed by atoms with E-state index < -0.39 is 11.6 Å². The zero-order valence-electron chi connectivity index (χ0n) is 17.4. The first kappa shape index (κ1) is 22.3. The Morgan fingerprint density at radius 2 is 1.70 bits per heavy atom. The molecule has 2 aromatic rings.